The van der Waals surface area contributed by atoms with Gasteiger partial charge < -0.3 is 19.4 Å². The Bertz CT molecular complexity index is 1010. The number of benzene rings is 1. The van der Waals surface area contributed by atoms with Gasteiger partial charge in [0, 0.05) is 49.9 Å². The number of carbonyl (C=O) groups excluding carboxylic acids is 1. The number of rotatable bonds is 6. The van der Waals surface area contributed by atoms with Crippen molar-refractivity contribution < 1.29 is 14.1 Å². The van der Waals surface area contributed by atoms with E-state index in [1.54, 1.807) is 0 Å². The van der Waals surface area contributed by atoms with Gasteiger partial charge in [0.25, 0.3) is 5.96 Å². The number of guanidine groups is 2. The Morgan fingerprint density at radius 1 is 1.21 bits per heavy atom. The zero-order chi connectivity index (χ0) is 23.7. The summed E-state index contributed by atoms with van der Waals surface area (Å²) >= 11 is 0. The highest BCUT2D eigenvalue weighted by Crippen LogP contribution is 2.32. The first-order valence-electron chi connectivity index (χ1n) is 12.3. The maximum atomic E-state index is 13.0. The second-order valence-electron chi connectivity index (χ2n) is 10.2. The van der Waals surface area contributed by atoms with Gasteiger partial charge in [-0.3, -0.25) is 10.1 Å². The van der Waals surface area contributed by atoms with Crippen LogP contribution in [0.15, 0.2) is 51.7 Å². The molecular weight excluding hydrogens is 430 g/mol. The van der Waals surface area contributed by atoms with Gasteiger partial charge in [0.2, 0.25) is 5.91 Å². The lowest BCUT2D eigenvalue weighted by atomic mass is 10.0. The topological polar surface area (TPSA) is 72.8 Å². The van der Waals surface area contributed by atoms with E-state index < -0.39 is 0 Å². The van der Waals surface area contributed by atoms with Gasteiger partial charge in [-0.15, -0.1) is 9.58 Å². The summed E-state index contributed by atoms with van der Waals surface area (Å²) in [6, 6.07) is 10.2. The molecule has 1 N–H and O–H groups in total. The molecule has 0 saturated carbocycles. The first kappa shape index (κ1) is 23.0. The fraction of sp³-hybridized carbons (Fsp3) is 0.560. The maximum absolute atomic E-state index is 13.0. The van der Waals surface area contributed by atoms with Gasteiger partial charge in [-0.2, -0.15) is 0 Å². The standard InChI is InChI=1S/C25H36N7O2/c1-19(14-29(2)3)17-32-18-21-16-31(15-20-7-5-4-6-8-20)23(33)13-22(21)26-25(32)27-24(28-32)30-9-11-34-12-10-30/h4-8,19H,9-18H2,1-3H3,(H,26,27,28)/q+1. The van der Waals surface area contributed by atoms with Gasteiger partial charge in [0.1, 0.15) is 13.1 Å². The number of fused-ring (bicyclic) bond motifs is 1. The van der Waals surface area contributed by atoms with E-state index in [0.29, 0.717) is 43.2 Å². The Morgan fingerprint density at radius 3 is 2.71 bits per heavy atom. The van der Waals surface area contributed by atoms with Crippen LogP contribution in [0.3, 0.4) is 0 Å². The Kier molecular flexibility index (Phi) is 6.42. The van der Waals surface area contributed by atoms with Crippen LogP contribution in [0.4, 0.5) is 0 Å². The molecule has 34 heavy (non-hydrogen) atoms. The molecule has 1 aromatic carbocycles. The molecule has 0 bridgehead atoms. The fourth-order valence-electron chi connectivity index (χ4n) is 5.44. The summed E-state index contributed by atoms with van der Waals surface area (Å²) in [5.74, 6) is 2.23. The summed E-state index contributed by atoms with van der Waals surface area (Å²) in [4.78, 5) is 24.4. The molecule has 182 valence electrons. The van der Waals surface area contributed by atoms with Crippen molar-refractivity contribution in [3.63, 3.8) is 0 Å². The molecular formula is C25H36N7O2+. The zero-order valence-electron chi connectivity index (χ0n) is 20.5. The molecule has 4 heterocycles. The lowest BCUT2D eigenvalue weighted by Gasteiger charge is -2.40. The Hall–Kier alpha value is -2.75. The highest BCUT2D eigenvalue weighted by atomic mass is 16.5. The molecule has 1 aromatic rings. The van der Waals surface area contributed by atoms with Crippen LogP contribution in [0.5, 0.6) is 0 Å². The van der Waals surface area contributed by atoms with Gasteiger partial charge in [0.05, 0.1) is 19.6 Å². The second kappa shape index (κ2) is 9.48. The minimum atomic E-state index is 0.156. The van der Waals surface area contributed by atoms with Crippen molar-refractivity contribution in [3.8, 4) is 0 Å². The molecule has 9 heteroatoms. The number of ether oxygens (including phenoxy) is 1. The SMILES string of the molecule is CC(CN(C)C)C[N+]12CC3=C(CC(=O)N(Cc4ccccc4)C3)NC1=NC(N1CCOCC1)=N2. The number of nitrogens with one attached hydrogen (secondary N) is 1. The van der Waals surface area contributed by atoms with Gasteiger partial charge in [-0.05, 0) is 24.8 Å². The lowest BCUT2D eigenvalue weighted by Crippen LogP contribution is -2.61. The molecule has 0 radical (unpaired) electrons. The molecule has 1 amide bonds. The number of quaternary nitrogens is 1. The first-order valence-corrected chi connectivity index (χ1v) is 12.3. The molecule has 4 aliphatic heterocycles. The second-order valence-corrected chi connectivity index (χ2v) is 10.2. The summed E-state index contributed by atoms with van der Waals surface area (Å²) in [5.41, 5.74) is 3.43. The number of amides is 1. The van der Waals surface area contributed by atoms with Crippen molar-refractivity contribution in [3.05, 3.63) is 47.2 Å². The highest BCUT2D eigenvalue weighted by molar-refractivity contribution is 5.97. The van der Waals surface area contributed by atoms with Gasteiger partial charge >= 0.3 is 5.96 Å². The summed E-state index contributed by atoms with van der Waals surface area (Å²) in [7, 11) is 4.22. The predicted octanol–water partition coefficient (Wildman–Crippen LogP) is 1.26. The first-order chi connectivity index (χ1) is 16.4. The van der Waals surface area contributed by atoms with E-state index in [0.717, 1.165) is 55.9 Å². The van der Waals surface area contributed by atoms with Crippen molar-refractivity contribution in [1.82, 2.24) is 20.0 Å². The minimum Gasteiger partial charge on any atom is -0.378 e. The zero-order valence-corrected chi connectivity index (χ0v) is 20.5. The Morgan fingerprint density at radius 2 is 1.97 bits per heavy atom. The molecule has 0 spiro atoms. The molecule has 2 atom stereocenters. The van der Waals surface area contributed by atoms with Crippen LogP contribution >= 0.6 is 0 Å². The van der Waals surface area contributed by atoms with Crippen molar-refractivity contribution in [1.29, 1.82) is 0 Å². The molecule has 2 unspecified atom stereocenters. The van der Waals surface area contributed by atoms with Crippen molar-refractivity contribution in [2.75, 3.05) is 66.6 Å². The van der Waals surface area contributed by atoms with Crippen molar-refractivity contribution in [2.45, 2.75) is 19.9 Å². The van der Waals surface area contributed by atoms with E-state index in [4.69, 9.17) is 14.8 Å². The number of morpholine rings is 1. The van der Waals surface area contributed by atoms with E-state index in [2.05, 4.69) is 48.3 Å². The van der Waals surface area contributed by atoms with Gasteiger partial charge in [-0.1, -0.05) is 37.3 Å². The Balaban J connectivity index is 1.41. The Labute approximate surface area is 201 Å². The molecule has 1 fully saturated rings. The largest absolute Gasteiger partial charge is 0.378 e. The summed E-state index contributed by atoms with van der Waals surface area (Å²) in [6.07, 6.45) is 0.390. The number of hydrogen-bond donors (Lipinski definition) is 1. The van der Waals surface area contributed by atoms with Crippen LogP contribution in [0.1, 0.15) is 18.9 Å². The molecule has 1 saturated heterocycles. The van der Waals surface area contributed by atoms with Gasteiger partial charge in [-0.25, -0.2) is 0 Å². The van der Waals surface area contributed by atoms with Crippen LogP contribution in [0, 0.1) is 5.92 Å². The predicted molar refractivity (Wildman–Crippen MR) is 132 cm³/mol. The van der Waals surface area contributed by atoms with Crippen molar-refractivity contribution in [2.24, 2.45) is 16.0 Å². The van der Waals surface area contributed by atoms with Crippen LogP contribution < -0.4 is 5.32 Å². The summed E-state index contributed by atoms with van der Waals surface area (Å²) in [6.45, 7) is 9.16. The third-order valence-electron chi connectivity index (χ3n) is 6.89. The van der Waals surface area contributed by atoms with E-state index in [-0.39, 0.29) is 5.91 Å². The van der Waals surface area contributed by atoms with Crippen LogP contribution in [-0.2, 0) is 16.1 Å². The molecule has 9 nitrogen and oxygen atoms in total. The molecule has 0 aromatic heterocycles. The quantitative estimate of drug-likeness (QED) is 0.640. The van der Waals surface area contributed by atoms with E-state index in [1.165, 1.54) is 5.57 Å². The molecule has 5 rings (SSSR count). The average Bonchev–Trinajstić information content (AvgIpc) is 3.16. The highest BCUT2D eigenvalue weighted by Gasteiger charge is 2.49. The summed E-state index contributed by atoms with van der Waals surface area (Å²) in [5, 5.41) is 8.80. The summed E-state index contributed by atoms with van der Waals surface area (Å²) < 4.78 is 5.99. The third-order valence-corrected chi connectivity index (χ3v) is 6.89. The van der Waals surface area contributed by atoms with E-state index >= 15 is 0 Å². The molecule has 4 aliphatic rings. The monoisotopic (exact) mass is 466 g/mol. The lowest BCUT2D eigenvalue weighted by molar-refractivity contribution is -0.848. The average molecular weight is 467 g/mol. The third kappa shape index (κ3) is 4.73. The van der Waals surface area contributed by atoms with Gasteiger partial charge in [0.15, 0.2) is 0 Å². The number of aliphatic imine (C=N–C) groups is 1. The van der Waals surface area contributed by atoms with Crippen LogP contribution in [0.2, 0.25) is 0 Å². The van der Waals surface area contributed by atoms with Crippen LogP contribution in [0.25, 0.3) is 0 Å². The normalized spacial score (nSPS) is 25.6. The molecule has 0 aliphatic carbocycles. The smallest absolute Gasteiger partial charge is 0.337 e. The van der Waals surface area contributed by atoms with Crippen LogP contribution in [-0.4, -0.2) is 104 Å². The fourth-order valence-corrected chi connectivity index (χ4v) is 5.44. The van der Waals surface area contributed by atoms with E-state index in [9.17, 15) is 4.79 Å². The number of hydrogen-bond acceptors (Lipinski definition) is 7. The maximum Gasteiger partial charge on any atom is 0.337 e. The number of nitrogens with zero attached hydrogens (tertiary/aromatic N) is 6. The van der Waals surface area contributed by atoms with E-state index in [1.807, 2.05) is 23.1 Å². The van der Waals surface area contributed by atoms with Crippen molar-refractivity contribution >= 4 is 17.8 Å². The number of carbonyl (C=O) groups is 1. The minimum absolute atomic E-state index is 0.156.